The fraction of sp³-hybridized carbons (Fsp3) is 0.714. The van der Waals surface area contributed by atoms with E-state index in [9.17, 15) is 9.59 Å². The van der Waals surface area contributed by atoms with E-state index in [2.05, 4.69) is 5.32 Å². The van der Waals surface area contributed by atoms with E-state index in [1.807, 2.05) is 0 Å². The highest BCUT2D eigenvalue weighted by Crippen LogP contribution is 2.11. The van der Waals surface area contributed by atoms with E-state index in [0.29, 0.717) is 0 Å². The maximum atomic E-state index is 10.9. The molecule has 0 saturated carbocycles. The number of piperidine rings is 1. The molecule has 0 aliphatic carbocycles. The highest BCUT2D eigenvalue weighted by atomic mass is 16.2. The van der Waals surface area contributed by atoms with Gasteiger partial charge in [-0.25, -0.2) is 0 Å². The molecule has 1 aliphatic rings. The first kappa shape index (κ1) is 7.25. The minimum absolute atomic E-state index is 0.0165. The number of nitrogens with one attached hydrogen (secondary N) is 1. The van der Waals surface area contributed by atoms with Gasteiger partial charge >= 0.3 is 0 Å². The maximum absolute atomic E-state index is 10.9. The number of hydrogen-bond donors (Lipinski definition) is 1. The Bertz CT molecular complexity index is 165. The van der Waals surface area contributed by atoms with E-state index in [0.717, 1.165) is 19.4 Å². The summed E-state index contributed by atoms with van der Waals surface area (Å²) in [6, 6.07) is 0. The molecule has 1 aliphatic heterocycles. The lowest BCUT2D eigenvalue weighted by molar-refractivity contribution is -0.134. The van der Waals surface area contributed by atoms with Crippen LogP contribution in [0.5, 0.6) is 0 Å². The summed E-state index contributed by atoms with van der Waals surface area (Å²) in [5, 5.41) is 2.65. The minimum atomic E-state index is -0.367. The third kappa shape index (κ3) is 1.35. The Morgan fingerprint density at radius 3 is 2.80 bits per heavy atom. The molecule has 10 heavy (non-hydrogen) atoms. The molecule has 1 fully saturated rings. The molecule has 0 radical (unpaired) electrons. The number of hydrogen-bond acceptors (Lipinski definition) is 2. The Labute approximate surface area is 59.8 Å². The van der Waals surface area contributed by atoms with Crippen molar-refractivity contribution in [3.63, 3.8) is 0 Å². The topological polar surface area (TPSA) is 46.2 Å². The fourth-order valence-electron chi connectivity index (χ4n) is 1.16. The van der Waals surface area contributed by atoms with Crippen LogP contribution < -0.4 is 5.32 Å². The monoisotopic (exact) mass is 141 g/mol. The molecule has 1 amide bonds. The summed E-state index contributed by atoms with van der Waals surface area (Å²) >= 11 is 0. The highest BCUT2D eigenvalue weighted by Gasteiger charge is 2.25. The lowest BCUT2D eigenvalue weighted by Gasteiger charge is -2.18. The normalized spacial score (nSPS) is 25.7. The summed E-state index contributed by atoms with van der Waals surface area (Å²) in [4.78, 5) is 21.7. The van der Waals surface area contributed by atoms with E-state index >= 15 is 0 Å². The smallest absolute Gasteiger partial charge is 0.230 e. The van der Waals surface area contributed by atoms with E-state index in [1.54, 1.807) is 0 Å². The number of rotatable bonds is 1. The van der Waals surface area contributed by atoms with Crippen LogP contribution >= 0.6 is 0 Å². The molecule has 1 N–H and O–H groups in total. The van der Waals surface area contributed by atoms with Crippen LogP contribution in [-0.2, 0) is 9.59 Å². The Morgan fingerprint density at radius 1 is 1.70 bits per heavy atom. The average Bonchev–Trinajstić information content (AvgIpc) is 1.88. The lowest BCUT2D eigenvalue weighted by atomic mass is 9.95. The molecular weight excluding hydrogens is 130 g/mol. The van der Waals surface area contributed by atoms with Gasteiger partial charge in [-0.1, -0.05) is 0 Å². The summed E-state index contributed by atoms with van der Waals surface area (Å²) in [7, 11) is 0. The lowest BCUT2D eigenvalue weighted by Crippen LogP contribution is -2.39. The molecule has 0 unspecified atom stereocenters. The van der Waals surface area contributed by atoms with Crippen LogP contribution in [0.3, 0.4) is 0 Å². The second kappa shape index (κ2) is 2.82. The molecule has 56 valence electrons. The SMILES string of the molecule is CC(=O)[C@@H]1CCCNC1=O. The summed E-state index contributed by atoms with van der Waals surface area (Å²) < 4.78 is 0. The van der Waals surface area contributed by atoms with Gasteiger partial charge in [-0.2, -0.15) is 0 Å². The van der Waals surface area contributed by atoms with Crippen molar-refractivity contribution in [1.82, 2.24) is 5.32 Å². The van der Waals surface area contributed by atoms with Crippen LogP contribution in [0, 0.1) is 5.92 Å². The van der Waals surface area contributed by atoms with E-state index in [-0.39, 0.29) is 17.6 Å². The molecule has 0 aromatic heterocycles. The van der Waals surface area contributed by atoms with Crippen LogP contribution in [0.15, 0.2) is 0 Å². The summed E-state index contributed by atoms with van der Waals surface area (Å²) in [6.07, 6.45) is 1.65. The molecule has 0 spiro atoms. The van der Waals surface area contributed by atoms with Gasteiger partial charge in [-0.05, 0) is 19.8 Å². The average molecular weight is 141 g/mol. The molecule has 3 heteroatoms. The van der Waals surface area contributed by atoms with E-state index < -0.39 is 0 Å². The van der Waals surface area contributed by atoms with Crippen LogP contribution in [-0.4, -0.2) is 18.2 Å². The molecule has 1 heterocycles. The van der Waals surface area contributed by atoms with Gasteiger partial charge < -0.3 is 5.32 Å². The summed E-state index contributed by atoms with van der Waals surface area (Å²) in [6.45, 7) is 2.19. The van der Waals surface area contributed by atoms with Crippen molar-refractivity contribution in [3.05, 3.63) is 0 Å². The maximum Gasteiger partial charge on any atom is 0.230 e. The quantitative estimate of drug-likeness (QED) is 0.526. The zero-order valence-electron chi connectivity index (χ0n) is 6.02. The summed E-state index contributed by atoms with van der Waals surface area (Å²) in [5.41, 5.74) is 0. The number of ketones is 1. The van der Waals surface area contributed by atoms with Gasteiger partial charge in [-0.15, -0.1) is 0 Å². The van der Waals surface area contributed by atoms with Crippen molar-refractivity contribution >= 4 is 11.7 Å². The molecule has 0 bridgehead atoms. The van der Waals surface area contributed by atoms with Crippen molar-refractivity contribution in [2.75, 3.05) is 6.54 Å². The Kier molecular flexibility index (Phi) is 2.04. The van der Waals surface area contributed by atoms with Gasteiger partial charge in [-0.3, -0.25) is 9.59 Å². The van der Waals surface area contributed by atoms with Crippen molar-refractivity contribution in [3.8, 4) is 0 Å². The molecule has 1 rings (SSSR count). The second-order valence-corrected chi connectivity index (χ2v) is 2.60. The number of carbonyl (C=O) groups is 2. The zero-order valence-corrected chi connectivity index (χ0v) is 6.02. The molecule has 1 saturated heterocycles. The first-order valence-electron chi connectivity index (χ1n) is 3.50. The minimum Gasteiger partial charge on any atom is -0.355 e. The van der Waals surface area contributed by atoms with E-state index in [4.69, 9.17) is 0 Å². The van der Waals surface area contributed by atoms with Crippen molar-refractivity contribution in [1.29, 1.82) is 0 Å². The van der Waals surface area contributed by atoms with Crippen LogP contribution in [0.4, 0.5) is 0 Å². The summed E-state index contributed by atoms with van der Waals surface area (Å²) in [5.74, 6) is -0.482. The van der Waals surface area contributed by atoms with Gasteiger partial charge in [0.2, 0.25) is 5.91 Å². The van der Waals surface area contributed by atoms with Crippen molar-refractivity contribution in [2.45, 2.75) is 19.8 Å². The third-order valence-corrected chi connectivity index (χ3v) is 1.78. The number of carbonyl (C=O) groups excluding carboxylic acids is 2. The van der Waals surface area contributed by atoms with Gasteiger partial charge in [0.05, 0.1) is 5.92 Å². The third-order valence-electron chi connectivity index (χ3n) is 1.78. The second-order valence-electron chi connectivity index (χ2n) is 2.60. The van der Waals surface area contributed by atoms with Gasteiger partial charge in [0.25, 0.3) is 0 Å². The zero-order chi connectivity index (χ0) is 7.56. The van der Waals surface area contributed by atoms with E-state index in [1.165, 1.54) is 6.92 Å². The fourth-order valence-corrected chi connectivity index (χ4v) is 1.16. The van der Waals surface area contributed by atoms with Gasteiger partial charge in [0.15, 0.2) is 0 Å². The molecule has 1 atom stereocenters. The van der Waals surface area contributed by atoms with Crippen molar-refractivity contribution in [2.24, 2.45) is 5.92 Å². The van der Waals surface area contributed by atoms with Crippen molar-refractivity contribution < 1.29 is 9.59 Å². The molecular formula is C7H11NO2. The highest BCUT2D eigenvalue weighted by molar-refractivity contribution is 6.00. The van der Waals surface area contributed by atoms with Gasteiger partial charge in [0, 0.05) is 6.54 Å². The Balaban J connectivity index is 2.56. The number of Topliss-reactive ketones (excluding diaryl/α,β-unsaturated/α-hetero) is 1. The predicted octanol–water partition coefficient (Wildman–Crippen LogP) is 0.102. The molecule has 0 aromatic carbocycles. The van der Waals surface area contributed by atoms with Crippen LogP contribution in [0.25, 0.3) is 0 Å². The Morgan fingerprint density at radius 2 is 2.40 bits per heavy atom. The first-order valence-corrected chi connectivity index (χ1v) is 3.50. The standard InChI is InChI=1S/C7H11NO2/c1-5(9)6-3-2-4-8-7(6)10/h6H,2-4H2,1H3,(H,8,10)/t6-/m0/s1. The van der Waals surface area contributed by atoms with Crippen LogP contribution in [0.2, 0.25) is 0 Å². The predicted molar refractivity (Wildman–Crippen MR) is 36.4 cm³/mol. The largest absolute Gasteiger partial charge is 0.355 e. The van der Waals surface area contributed by atoms with Crippen LogP contribution in [0.1, 0.15) is 19.8 Å². The van der Waals surface area contributed by atoms with Gasteiger partial charge in [0.1, 0.15) is 5.78 Å². The first-order chi connectivity index (χ1) is 4.72. The molecule has 0 aromatic rings. The molecule has 3 nitrogen and oxygen atoms in total. The Hall–Kier alpha value is -0.860. The number of amides is 1.